The van der Waals surface area contributed by atoms with Crippen LogP contribution in [-0.4, -0.2) is 32.2 Å². The van der Waals surface area contributed by atoms with Crippen molar-refractivity contribution in [1.82, 2.24) is 9.44 Å². The van der Waals surface area contributed by atoms with Gasteiger partial charge in [0.2, 0.25) is 0 Å². The number of hydrogen-bond acceptors (Lipinski definition) is 3. The lowest BCUT2D eigenvalue weighted by atomic mass is 10.1. The van der Waals surface area contributed by atoms with Crippen LogP contribution in [0.5, 0.6) is 0 Å². The summed E-state index contributed by atoms with van der Waals surface area (Å²) in [5, 5.41) is 8.95. The van der Waals surface area contributed by atoms with Crippen molar-refractivity contribution in [3.05, 3.63) is 0 Å². The van der Waals surface area contributed by atoms with Gasteiger partial charge < -0.3 is 5.11 Å². The van der Waals surface area contributed by atoms with Gasteiger partial charge in [0.05, 0.1) is 6.61 Å². The zero-order valence-corrected chi connectivity index (χ0v) is 9.34. The lowest BCUT2D eigenvalue weighted by Gasteiger charge is -2.19. The minimum absolute atomic E-state index is 0.0794. The van der Waals surface area contributed by atoms with E-state index < -0.39 is 16.3 Å². The average molecular weight is 222 g/mol. The van der Waals surface area contributed by atoms with Gasteiger partial charge in [-0.2, -0.15) is 17.9 Å². The third kappa shape index (κ3) is 3.91. The number of aliphatic hydroxyl groups excluding tert-OH is 1. The molecule has 0 unspecified atom stereocenters. The van der Waals surface area contributed by atoms with E-state index in [0.717, 1.165) is 12.8 Å². The molecule has 0 amide bonds. The highest BCUT2D eigenvalue weighted by atomic mass is 32.2. The van der Waals surface area contributed by atoms with Crippen molar-refractivity contribution >= 4 is 10.2 Å². The van der Waals surface area contributed by atoms with E-state index in [0.29, 0.717) is 0 Å². The smallest absolute Gasteiger partial charge is 0.277 e. The largest absolute Gasteiger partial charge is 0.395 e. The van der Waals surface area contributed by atoms with E-state index in [9.17, 15) is 8.42 Å². The summed E-state index contributed by atoms with van der Waals surface area (Å²) in [7, 11) is -3.43. The second-order valence-corrected chi connectivity index (χ2v) is 5.52. The molecule has 0 aliphatic heterocycles. The van der Waals surface area contributed by atoms with Crippen LogP contribution >= 0.6 is 0 Å². The maximum atomic E-state index is 11.4. The fourth-order valence-electron chi connectivity index (χ4n) is 1.04. The highest BCUT2D eigenvalue weighted by molar-refractivity contribution is 7.87. The summed E-state index contributed by atoms with van der Waals surface area (Å²) >= 11 is 0. The maximum Gasteiger partial charge on any atom is 0.277 e. The Bertz CT molecular complexity index is 272. The monoisotopic (exact) mass is 222 g/mol. The standard InChI is InChI=1S/C8H18N2O3S/c1-6(2)8(5-11)10-14(12,13)9-7-3-4-7/h6-11H,3-5H2,1-2H3/t8-/m1/s1. The van der Waals surface area contributed by atoms with Crippen LogP contribution in [0.25, 0.3) is 0 Å². The minimum atomic E-state index is -3.43. The molecular weight excluding hydrogens is 204 g/mol. The summed E-state index contributed by atoms with van der Waals surface area (Å²) in [5.74, 6) is 0.0794. The van der Waals surface area contributed by atoms with Crippen molar-refractivity contribution in [1.29, 1.82) is 0 Å². The predicted octanol–water partition coefficient (Wildman–Crippen LogP) is -0.410. The van der Waals surface area contributed by atoms with Gasteiger partial charge in [0.25, 0.3) is 10.2 Å². The summed E-state index contributed by atoms with van der Waals surface area (Å²) in [6, 6.07) is -0.315. The van der Waals surface area contributed by atoms with Crippen LogP contribution < -0.4 is 9.44 Å². The molecule has 0 aromatic heterocycles. The van der Waals surface area contributed by atoms with Crippen molar-refractivity contribution in [3.63, 3.8) is 0 Å². The normalized spacial score (nSPS) is 20.0. The summed E-state index contributed by atoms with van der Waals surface area (Å²) in [6.07, 6.45) is 1.82. The van der Waals surface area contributed by atoms with Crippen LogP contribution in [0.4, 0.5) is 0 Å². The Labute approximate surface area is 85.1 Å². The van der Waals surface area contributed by atoms with Gasteiger partial charge in [0, 0.05) is 12.1 Å². The van der Waals surface area contributed by atoms with Gasteiger partial charge in [-0.25, -0.2) is 0 Å². The highest BCUT2D eigenvalue weighted by Crippen LogP contribution is 2.19. The van der Waals surface area contributed by atoms with Crippen LogP contribution in [0.15, 0.2) is 0 Å². The fourth-order valence-corrected chi connectivity index (χ4v) is 2.53. The van der Waals surface area contributed by atoms with Gasteiger partial charge in [-0.1, -0.05) is 13.8 Å². The van der Waals surface area contributed by atoms with Crippen molar-refractivity contribution in [3.8, 4) is 0 Å². The van der Waals surface area contributed by atoms with Crippen LogP contribution in [-0.2, 0) is 10.2 Å². The van der Waals surface area contributed by atoms with Gasteiger partial charge >= 0.3 is 0 Å². The van der Waals surface area contributed by atoms with Gasteiger partial charge in [-0.05, 0) is 18.8 Å². The van der Waals surface area contributed by atoms with E-state index in [1.165, 1.54) is 0 Å². The van der Waals surface area contributed by atoms with E-state index in [1.807, 2.05) is 13.8 Å². The lowest BCUT2D eigenvalue weighted by Crippen LogP contribution is -2.47. The third-order valence-electron chi connectivity index (χ3n) is 2.21. The molecule has 0 aromatic rings. The SMILES string of the molecule is CC(C)[C@@H](CO)NS(=O)(=O)NC1CC1. The molecule has 0 bridgehead atoms. The molecule has 6 heteroatoms. The Morgan fingerprint density at radius 3 is 2.36 bits per heavy atom. The Balaban J connectivity index is 2.46. The van der Waals surface area contributed by atoms with Crippen molar-refractivity contribution < 1.29 is 13.5 Å². The molecule has 1 aliphatic rings. The van der Waals surface area contributed by atoms with Crippen molar-refractivity contribution in [2.75, 3.05) is 6.61 Å². The molecule has 14 heavy (non-hydrogen) atoms. The zero-order chi connectivity index (χ0) is 10.8. The van der Waals surface area contributed by atoms with E-state index in [4.69, 9.17) is 5.11 Å². The van der Waals surface area contributed by atoms with Crippen LogP contribution in [0.3, 0.4) is 0 Å². The van der Waals surface area contributed by atoms with E-state index in [2.05, 4.69) is 9.44 Å². The molecule has 0 aromatic carbocycles. The summed E-state index contributed by atoms with van der Waals surface area (Å²) in [6.45, 7) is 3.55. The lowest BCUT2D eigenvalue weighted by molar-refractivity contribution is 0.227. The topological polar surface area (TPSA) is 78.4 Å². The number of rotatable bonds is 6. The molecule has 1 rings (SSSR count). The molecule has 0 spiro atoms. The Morgan fingerprint density at radius 2 is 2.00 bits per heavy atom. The molecular formula is C8H18N2O3S. The minimum Gasteiger partial charge on any atom is -0.395 e. The highest BCUT2D eigenvalue weighted by Gasteiger charge is 2.28. The molecule has 1 aliphatic carbocycles. The van der Waals surface area contributed by atoms with Gasteiger partial charge in [-0.15, -0.1) is 0 Å². The molecule has 5 nitrogen and oxygen atoms in total. The quantitative estimate of drug-likeness (QED) is 0.571. The van der Waals surface area contributed by atoms with Gasteiger partial charge in [0.1, 0.15) is 0 Å². The third-order valence-corrected chi connectivity index (χ3v) is 3.46. The number of hydrogen-bond donors (Lipinski definition) is 3. The second kappa shape index (κ2) is 4.57. The van der Waals surface area contributed by atoms with E-state index >= 15 is 0 Å². The molecule has 1 atom stereocenters. The Kier molecular flexibility index (Phi) is 3.88. The first-order chi connectivity index (χ1) is 6.44. The maximum absolute atomic E-state index is 11.4. The van der Waals surface area contributed by atoms with Gasteiger partial charge in [0.15, 0.2) is 0 Å². The molecule has 1 saturated carbocycles. The second-order valence-electron chi connectivity index (χ2n) is 4.05. The Hall–Kier alpha value is -0.170. The fraction of sp³-hybridized carbons (Fsp3) is 1.00. The van der Waals surface area contributed by atoms with Crippen LogP contribution in [0.2, 0.25) is 0 Å². The average Bonchev–Trinajstić information content (AvgIpc) is 2.82. The van der Waals surface area contributed by atoms with Crippen molar-refractivity contribution in [2.45, 2.75) is 38.8 Å². The first kappa shape index (κ1) is 11.9. The number of aliphatic hydroxyl groups is 1. The predicted molar refractivity (Wildman–Crippen MR) is 53.9 cm³/mol. The summed E-state index contributed by atoms with van der Waals surface area (Å²) < 4.78 is 27.8. The molecule has 0 saturated heterocycles. The zero-order valence-electron chi connectivity index (χ0n) is 8.53. The van der Waals surface area contributed by atoms with Crippen LogP contribution in [0.1, 0.15) is 26.7 Å². The molecule has 0 radical (unpaired) electrons. The van der Waals surface area contributed by atoms with E-state index in [1.54, 1.807) is 0 Å². The van der Waals surface area contributed by atoms with Crippen molar-refractivity contribution in [2.24, 2.45) is 5.92 Å². The summed E-state index contributed by atoms with van der Waals surface area (Å²) in [5.41, 5.74) is 0. The molecule has 84 valence electrons. The molecule has 0 heterocycles. The van der Waals surface area contributed by atoms with Crippen LogP contribution in [0, 0.1) is 5.92 Å². The van der Waals surface area contributed by atoms with E-state index in [-0.39, 0.29) is 18.6 Å². The summed E-state index contributed by atoms with van der Waals surface area (Å²) in [4.78, 5) is 0. The Morgan fingerprint density at radius 1 is 1.43 bits per heavy atom. The van der Waals surface area contributed by atoms with Gasteiger partial charge in [-0.3, -0.25) is 0 Å². The number of nitrogens with one attached hydrogen (secondary N) is 2. The first-order valence-electron chi connectivity index (χ1n) is 4.85. The first-order valence-corrected chi connectivity index (χ1v) is 6.33. The molecule has 3 N–H and O–H groups in total. The molecule has 1 fully saturated rings.